The van der Waals surface area contributed by atoms with Crippen molar-refractivity contribution >= 4 is 16.9 Å². The van der Waals surface area contributed by atoms with Crippen molar-refractivity contribution < 1.29 is 9.53 Å². The fraction of sp³-hybridized carbons (Fsp3) is 0.333. The van der Waals surface area contributed by atoms with Crippen LogP contribution in [0.2, 0.25) is 0 Å². The maximum Gasteiger partial charge on any atom is 0.242 e. The standard InChI is InChI=1S/C18H19N5O2/c24-18(12-23-13-19-15-4-1-2-5-16(15)23)22-10-7-14(8-11-22)25-17-6-3-9-20-21-17/h1-6,9,13-14H,7-8,10-12H2. The molecule has 4 rings (SSSR count). The minimum atomic E-state index is 0.0785. The molecule has 1 fully saturated rings. The van der Waals surface area contributed by atoms with Gasteiger partial charge in [-0.15, -0.1) is 5.10 Å². The number of likely N-dealkylation sites (tertiary alicyclic amines) is 1. The maximum atomic E-state index is 12.6. The molecule has 128 valence electrons. The van der Waals surface area contributed by atoms with Crippen LogP contribution >= 0.6 is 0 Å². The molecule has 1 aliphatic heterocycles. The first-order chi connectivity index (χ1) is 12.3. The van der Waals surface area contributed by atoms with E-state index in [4.69, 9.17) is 4.74 Å². The molecule has 2 aromatic heterocycles. The Kier molecular flexibility index (Phi) is 4.28. The third-order valence-electron chi connectivity index (χ3n) is 4.46. The number of benzene rings is 1. The third-order valence-corrected chi connectivity index (χ3v) is 4.46. The molecule has 25 heavy (non-hydrogen) atoms. The summed E-state index contributed by atoms with van der Waals surface area (Å²) in [5, 5.41) is 7.75. The summed E-state index contributed by atoms with van der Waals surface area (Å²) in [6, 6.07) is 11.4. The number of nitrogens with zero attached hydrogens (tertiary/aromatic N) is 5. The number of imidazole rings is 1. The van der Waals surface area contributed by atoms with Gasteiger partial charge < -0.3 is 14.2 Å². The monoisotopic (exact) mass is 337 g/mol. The topological polar surface area (TPSA) is 73.1 Å². The van der Waals surface area contributed by atoms with Gasteiger partial charge in [-0.25, -0.2) is 4.98 Å². The molecule has 0 bridgehead atoms. The Balaban J connectivity index is 1.33. The molecule has 0 saturated carbocycles. The normalized spacial score (nSPS) is 15.4. The highest BCUT2D eigenvalue weighted by molar-refractivity contribution is 5.80. The van der Waals surface area contributed by atoms with Gasteiger partial charge in [-0.1, -0.05) is 12.1 Å². The Morgan fingerprint density at radius 3 is 2.80 bits per heavy atom. The van der Waals surface area contributed by atoms with Crippen molar-refractivity contribution in [3.63, 3.8) is 0 Å². The van der Waals surface area contributed by atoms with Crippen molar-refractivity contribution in [1.82, 2.24) is 24.6 Å². The first kappa shape index (κ1) is 15.6. The van der Waals surface area contributed by atoms with E-state index in [2.05, 4.69) is 15.2 Å². The van der Waals surface area contributed by atoms with Gasteiger partial charge in [-0.2, -0.15) is 5.10 Å². The van der Waals surface area contributed by atoms with Crippen molar-refractivity contribution in [3.8, 4) is 5.88 Å². The highest BCUT2D eigenvalue weighted by atomic mass is 16.5. The van der Waals surface area contributed by atoms with E-state index >= 15 is 0 Å². The van der Waals surface area contributed by atoms with E-state index in [0.717, 1.165) is 23.9 Å². The van der Waals surface area contributed by atoms with E-state index < -0.39 is 0 Å². The molecule has 1 amide bonds. The first-order valence-corrected chi connectivity index (χ1v) is 8.41. The van der Waals surface area contributed by atoms with Gasteiger partial charge in [0.25, 0.3) is 0 Å². The van der Waals surface area contributed by atoms with Gasteiger partial charge in [0.05, 0.1) is 17.4 Å². The molecule has 3 aromatic rings. The summed E-state index contributed by atoms with van der Waals surface area (Å²) in [5.41, 5.74) is 1.89. The Labute approximate surface area is 145 Å². The van der Waals surface area contributed by atoms with Gasteiger partial charge in [0.2, 0.25) is 11.8 Å². The Bertz CT molecular complexity index is 856. The second-order valence-electron chi connectivity index (χ2n) is 6.12. The minimum absolute atomic E-state index is 0.0785. The first-order valence-electron chi connectivity index (χ1n) is 8.41. The Hall–Kier alpha value is -2.96. The lowest BCUT2D eigenvalue weighted by Crippen LogP contribution is -2.43. The molecular formula is C18H19N5O2. The molecule has 3 heterocycles. The van der Waals surface area contributed by atoms with E-state index in [-0.39, 0.29) is 12.0 Å². The number of amides is 1. The molecule has 1 aromatic carbocycles. The van der Waals surface area contributed by atoms with Crippen molar-refractivity contribution in [3.05, 3.63) is 48.9 Å². The van der Waals surface area contributed by atoms with Crippen molar-refractivity contribution in [1.29, 1.82) is 0 Å². The molecular weight excluding hydrogens is 318 g/mol. The summed E-state index contributed by atoms with van der Waals surface area (Å²) in [6.07, 6.45) is 5.02. The van der Waals surface area contributed by atoms with Crippen LogP contribution in [0.3, 0.4) is 0 Å². The highest BCUT2D eigenvalue weighted by Crippen LogP contribution is 2.18. The fourth-order valence-corrected chi connectivity index (χ4v) is 3.13. The van der Waals surface area contributed by atoms with Crippen LogP contribution in [-0.2, 0) is 11.3 Å². The van der Waals surface area contributed by atoms with E-state index in [1.807, 2.05) is 33.7 Å². The lowest BCUT2D eigenvalue weighted by Gasteiger charge is -2.32. The number of carbonyl (C=O) groups is 1. The number of fused-ring (bicyclic) bond motifs is 1. The van der Waals surface area contributed by atoms with Gasteiger partial charge in [0.1, 0.15) is 12.6 Å². The second-order valence-corrected chi connectivity index (χ2v) is 6.12. The fourth-order valence-electron chi connectivity index (χ4n) is 3.13. The zero-order chi connectivity index (χ0) is 17.1. The van der Waals surface area contributed by atoms with Gasteiger partial charge in [0.15, 0.2) is 0 Å². The van der Waals surface area contributed by atoms with Gasteiger partial charge in [-0.3, -0.25) is 4.79 Å². The maximum absolute atomic E-state index is 12.6. The van der Waals surface area contributed by atoms with Crippen LogP contribution in [0.25, 0.3) is 11.0 Å². The second kappa shape index (κ2) is 6.88. The van der Waals surface area contributed by atoms with E-state index in [0.29, 0.717) is 25.5 Å². The molecule has 7 nitrogen and oxygen atoms in total. The molecule has 0 unspecified atom stereocenters. The quantitative estimate of drug-likeness (QED) is 0.727. The van der Waals surface area contributed by atoms with Crippen LogP contribution in [0.1, 0.15) is 12.8 Å². The van der Waals surface area contributed by atoms with Crippen molar-refractivity contribution in [2.45, 2.75) is 25.5 Å². The average Bonchev–Trinajstić information content (AvgIpc) is 3.06. The van der Waals surface area contributed by atoms with Gasteiger partial charge in [-0.05, 0) is 18.2 Å². The molecule has 7 heteroatoms. The zero-order valence-corrected chi connectivity index (χ0v) is 13.8. The number of ether oxygens (including phenoxy) is 1. The van der Waals surface area contributed by atoms with Crippen LogP contribution in [0.5, 0.6) is 5.88 Å². The molecule has 0 aliphatic carbocycles. The zero-order valence-electron chi connectivity index (χ0n) is 13.8. The number of para-hydroxylation sites is 2. The van der Waals surface area contributed by atoms with E-state index in [1.165, 1.54) is 0 Å². The van der Waals surface area contributed by atoms with E-state index in [1.54, 1.807) is 24.7 Å². The number of aromatic nitrogens is 4. The number of carbonyl (C=O) groups excluding carboxylic acids is 1. The van der Waals surface area contributed by atoms with Crippen LogP contribution < -0.4 is 4.74 Å². The third kappa shape index (κ3) is 3.45. The SMILES string of the molecule is O=C(Cn1cnc2ccccc21)N1CCC(Oc2cccnn2)CC1. The summed E-state index contributed by atoms with van der Waals surface area (Å²) >= 11 is 0. The van der Waals surface area contributed by atoms with Gasteiger partial charge >= 0.3 is 0 Å². The smallest absolute Gasteiger partial charge is 0.242 e. The lowest BCUT2D eigenvalue weighted by molar-refractivity contribution is -0.133. The largest absolute Gasteiger partial charge is 0.473 e. The van der Waals surface area contributed by atoms with Crippen molar-refractivity contribution in [2.75, 3.05) is 13.1 Å². The summed E-state index contributed by atoms with van der Waals surface area (Å²) in [4.78, 5) is 18.8. The van der Waals surface area contributed by atoms with Crippen LogP contribution in [0, 0.1) is 0 Å². The van der Waals surface area contributed by atoms with Crippen LogP contribution in [0.15, 0.2) is 48.9 Å². The number of hydrogen-bond acceptors (Lipinski definition) is 5. The molecule has 0 radical (unpaired) electrons. The Morgan fingerprint density at radius 2 is 2.00 bits per heavy atom. The molecule has 1 saturated heterocycles. The highest BCUT2D eigenvalue weighted by Gasteiger charge is 2.24. The number of piperidine rings is 1. The molecule has 0 N–H and O–H groups in total. The predicted octanol–water partition coefficient (Wildman–Crippen LogP) is 1.90. The summed E-state index contributed by atoms with van der Waals surface area (Å²) in [7, 11) is 0. The molecule has 0 spiro atoms. The molecule has 0 atom stereocenters. The lowest BCUT2D eigenvalue weighted by atomic mass is 10.1. The predicted molar refractivity (Wildman–Crippen MR) is 92.0 cm³/mol. The van der Waals surface area contributed by atoms with Crippen LogP contribution in [-0.4, -0.2) is 49.7 Å². The average molecular weight is 337 g/mol. The van der Waals surface area contributed by atoms with E-state index in [9.17, 15) is 4.79 Å². The van der Waals surface area contributed by atoms with Crippen molar-refractivity contribution in [2.24, 2.45) is 0 Å². The minimum Gasteiger partial charge on any atom is -0.473 e. The Morgan fingerprint density at radius 1 is 1.16 bits per heavy atom. The number of rotatable bonds is 4. The van der Waals surface area contributed by atoms with Gasteiger partial charge in [0, 0.05) is 38.2 Å². The molecule has 1 aliphatic rings. The number of hydrogen-bond donors (Lipinski definition) is 0. The summed E-state index contributed by atoms with van der Waals surface area (Å²) in [5.74, 6) is 0.651. The van der Waals surface area contributed by atoms with Crippen LogP contribution in [0.4, 0.5) is 0 Å². The summed E-state index contributed by atoms with van der Waals surface area (Å²) < 4.78 is 7.72. The summed E-state index contributed by atoms with van der Waals surface area (Å²) in [6.45, 7) is 1.70.